The molecule has 0 saturated heterocycles. The van der Waals surface area contributed by atoms with Crippen LogP contribution in [0.15, 0.2) is 77.7 Å². The minimum Gasteiger partial charge on any atom is -0.497 e. The van der Waals surface area contributed by atoms with Crippen molar-refractivity contribution in [2.75, 3.05) is 30.4 Å². The average Bonchev–Trinajstić information content (AvgIpc) is 2.82. The van der Waals surface area contributed by atoms with Gasteiger partial charge in [-0.1, -0.05) is 12.1 Å². The smallest absolute Gasteiger partial charge is 0.416 e. The Morgan fingerprint density at radius 2 is 1.53 bits per heavy atom. The first-order chi connectivity index (χ1) is 16.1. The summed E-state index contributed by atoms with van der Waals surface area (Å²) in [5.41, 5.74) is -0.675. The molecule has 3 aromatic carbocycles. The monoisotopic (exact) mass is 494 g/mol. The lowest BCUT2D eigenvalue weighted by atomic mass is 10.2. The Labute approximate surface area is 194 Å². The van der Waals surface area contributed by atoms with Gasteiger partial charge in [-0.3, -0.25) is 9.10 Å². The van der Waals surface area contributed by atoms with Crippen molar-refractivity contribution >= 4 is 27.3 Å². The number of anilines is 2. The molecule has 0 unspecified atom stereocenters. The van der Waals surface area contributed by atoms with Gasteiger partial charge in [-0.15, -0.1) is 0 Å². The summed E-state index contributed by atoms with van der Waals surface area (Å²) in [6, 6.07) is 15.7. The van der Waals surface area contributed by atoms with Crippen LogP contribution in [0.3, 0.4) is 0 Å². The minimum atomic E-state index is -4.52. The van der Waals surface area contributed by atoms with Crippen molar-refractivity contribution in [1.29, 1.82) is 0 Å². The largest absolute Gasteiger partial charge is 0.497 e. The number of halogens is 3. The molecule has 0 heterocycles. The highest BCUT2D eigenvalue weighted by atomic mass is 32.2. The van der Waals surface area contributed by atoms with E-state index in [1.54, 1.807) is 18.2 Å². The van der Waals surface area contributed by atoms with Crippen LogP contribution in [0.1, 0.15) is 5.56 Å². The highest BCUT2D eigenvalue weighted by Gasteiger charge is 2.31. The summed E-state index contributed by atoms with van der Waals surface area (Å²) in [6.45, 7) is -0.657. The second-order valence-corrected chi connectivity index (χ2v) is 8.84. The number of para-hydroxylation sites is 2. The number of sulfonamides is 1. The van der Waals surface area contributed by atoms with Crippen molar-refractivity contribution in [3.8, 4) is 11.5 Å². The molecule has 180 valence electrons. The quantitative estimate of drug-likeness (QED) is 0.497. The molecule has 0 atom stereocenters. The Hall–Kier alpha value is -3.73. The van der Waals surface area contributed by atoms with Gasteiger partial charge in [0.05, 0.1) is 30.4 Å². The number of alkyl halides is 3. The number of methoxy groups -OCH3 is 2. The van der Waals surface area contributed by atoms with Gasteiger partial charge in [0.2, 0.25) is 5.91 Å². The molecule has 3 aromatic rings. The summed E-state index contributed by atoms with van der Waals surface area (Å²) in [7, 11) is -1.44. The standard InChI is InChI=1S/C23H21F3N2O5S/c1-32-18-11-13-19(14-12-18)34(30,31)28(20-5-3-4-6-21(20)33-2)15-22(29)27-17-9-7-16(8-10-17)23(24,25)26/h3-14H,15H2,1-2H3,(H,27,29). The first-order valence-electron chi connectivity index (χ1n) is 9.83. The third kappa shape index (κ3) is 5.60. The lowest BCUT2D eigenvalue weighted by molar-refractivity contribution is -0.137. The number of nitrogens with one attached hydrogen (secondary N) is 1. The first kappa shape index (κ1) is 24.9. The van der Waals surface area contributed by atoms with Crippen molar-refractivity contribution in [2.24, 2.45) is 0 Å². The number of nitrogens with zero attached hydrogens (tertiary/aromatic N) is 1. The maximum atomic E-state index is 13.5. The predicted molar refractivity (Wildman–Crippen MR) is 121 cm³/mol. The molecule has 0 aliphatic heterocycles. The van der Waals surface area contributed by atoms with Crippen molar-refractivity contribution in [1.82, 2.24) is 0 Å². The van der Waals surface area contributed by atoms with Crippen molar-refractivity contribution in [3.05, 3.63) is 78.4 Å². The Morgan fingerprint density at radius 1 is 0.912 bits per heavy atom. The predicted octanol–water partition coefficient (Wildman–Crippen LogP) is 4.56. The molecular formula is C23H21F3N2O5S. The van der Waals surface area contributed by atoms with E-state index in [4.69, 9.17) is 9.47 Å². The lowest BCUT2D eigenvalue weighted by Crippen LogP contribution is -2.38. The van der Waals surface area contributed by atoms with Gasteiger partial charge in [0, 0.05) is 5.69 Å². The van der Waals surface area contributed by atoms with Gasteiger partial charge in [-0.2, -0.15) is 13.2 Å². The fourth-order valence-electron chi connectivity index (χ4n) is 3.08. The Balaban J connectivity index is 1.93. The van der Waals surface area contributed by atoms with Crippen molar-refractivity contribution < 1.29 is 35.9 Å². The van der Waals surface area contributed by atoms with Crippen LogP contribution in [0.4, 0.5) is 24.5 Å². The fraction of sp³-hybridized carbons (Fsp3) is 0.174. The summed E-state index contributed by atoms with van der Waals surface area (Å²) in [4.78, 5) is 12.7. The van der Waals surface area contributed by atoms with E-state index in [0.29, 0.717) is 5.75 Å². The summed E-state index contributed by atoms with van der Waals surface area (Å²) >= 11 is 0. The van der Waals surface area contributed by atoms with E-state index in [2.05, 4.69) is 5.32 Å². The molecule has 0 fully saturated rings. The molecular weight excluding hydrogens is 473 g/mol. The number of carbonyl (C=O) groups is 1. The molecule has 34 heavy (non-hydrogen) atoms. The first-order valence-corrected chi connectivity index (χ1v) is 11.3. The van der Waals surface area contributed by atoms with E-state index in [9.17, 15) is 26.4 Å². The molecule has 1 amide bonds. The maximum Gasteiger partial charge on any atom is 0.416 e. The topological polar surface area (TPSA) is 84.9 Å². The number of hydrogen-bond acceptors (Lipinski definition) is 5. The maximum absolute atomic E-state index is 13.5. The van der Waals surface area contributed by atoms with E-state index in [-0.39, 0.29) is 22.0 Å². The molecule has 11 heteroatoms. The lowest BCUT2D eigenvalue weighted by Gasteiger charge is -2.25. The van der Waals surface area contributed by atoms with E-state index in [0.717, 1.165) is 28.6 Å². The van der Waals surface area contributed by atoms with E-state index in [1.807, 2.05) is 0 Å². The molecule has 0 radical (unpaired) electrons. The molecule has 0 aromatic heterocycles. The normalized spacial score (nSPS) is 11.6. The Morgan fingerprint density at radius 3 is 2.09 bits per heavy atom. The summed E-state index contributed by atoms with van der Waals surface area (Å²) in [5.74, 6) is -0.104. The SMILES string of the molecule is COc1ccc(S(=O)(=O)N(CC(=O)Nc2ccc(C(F)(F)F)cc2)c2ccccc2OC)cc1. The molecule has 3 rings (SSSR count). The van der Waals surface area contributed by atoms with E-state index >= 15 is 0 Å². The fourth-order valence-corrected chi connectivity index (χ4v) is 4.52. The van der Waals surface area contributed by atoms with Crippen molar-refractivity contribution in [2.45, 2.75) is 11.1 Å². The zero-order valence-electron chi connectivity index (χ0n) is 18.2. The number of hydrogen-bond donors (Lipinski definition) is 1. The molecule has 1 N–H and O–H groups in total. The second kappa shape index (κ2) is 10.0. The van der Waals surface area contributed by atoms with Crippen LogP contribution in [-0.4, -0.2) is 35.1 Å². The molecule has 0 bridgehead atoms. The van der Waals surface area contributed by atoms with Gasteiger partial charge in [-0.05, 0) is 60.7 Å². The molecule has 0 aliphatic carbocycles. The molecule has 7 nitrogen and oxygen atoms in total. The number of benzene rings is 3. The van der Waals surface area contributed by atoms with Gasteiger partial charge in [0.25, 0.3) is 10.0 Å². The van der Waals surface area contributed by atoms with Crippen molar-refractivity contribution in [3.63, 3.8) is 0 Å². The van der Waals surface area contributed by atoms with E-state index in [1.165, 1.54) is 44.6 Å². The Kier molecular flexibility index (Phi) is 7.35. The highest BCUT2D eigenvalue weighted by Crippen LogP contribution is 2.33. The van der Waals surface area contributed by atoms with Gasteiger partial charge in [0.1, 0.15) is 18.0 Å². The summed E-state index contributed by atoms with van der Waals surface area (Å²) in [5, 5.41) is 2.43. The zero-order valence-corrected chi connectivity index (χ0v) is 19.0. The van der Waals surface area contributed by atoms with Crippen LogP contribution < -0.4 is 19.1 Å². The van der Waals surface area contributed by atoms with Crippen LogP contribution in [0, 0.1) is 0 Å². The highest BCUT2D eigenvalue weighted by molar-refractivity contribution is 7.92. The number of ether oxygens (including phenoxy) is 2. The Bertz CT molecular complexity index is 1240. The summed E-state index contributed by atoms with van der Waals surface area (Å²) in [6.07, 6.45) is -4.52. The molecule has 0 aliphatic rings. The van der Waals surface area contributed by atoms with E-state index < -0.39 is 34.2 Å². The van der Waals surface area contributed by atoms with Crippen LogP contribution in [-0.2, 0) is 21.0 Å². The number of amides is 1. The van der Waals surface area contributed by atoms with Gasteiger partial charge >= 0.3 is 6.18 Å². The minimum absolute atomic E-state index is 0.0832. The van der Waals surface area contributed by atoms with Gasteiger partial charge in [0.15, 0.2) is 0 Å². The average molecular weight is 494 g/mol. The van der Waals surface area contributed by atoms with Crippen LogP contribution in [0.2, 0.25) is 0 Å². The molecule has 0 saturated carbocycles. The number of carbonyl (C=O) groups excluding carboxylic acids is 1. The second-order valence-electron chi connectivity index (χ2n) is 6.98. The van der Waals surface area contributed by atoms with Gasteiger partial charge < -0.3 is 14.8 Å². The zero-order chi connectivity index (χ0) is 24.9. The number of rotatable bonds is 8. The molecule has 0 spiro atoms. The third-order valence-electron chi connectivity index (χ3n) is 4.78. The van der Waals surface area contributed by atoms with Gasteiger partial charge in [-0.25, -0.2) is 8.42 Å². The van der Waals surface area contributed by atoms with Crippen LogP contribution in [0.25, 0.3) is 0 Å². The summed E-state index contributed by atoms with van der Waals surface area (Å²) < 4.78 is 76.5. The third-order valence-corrected chi connectivity index (χ3v) is 6.56. The van der Waals surface area contributed by atoms with Crippen LogP contribution in [0.5, 0.6) is 11.5 Å². The van der Waals surface area contributed by atoms with Crippen LogP contribution >= 0.6 is 0 Å².